The SMILES string of the molecule is COc1cccc(N2C(=O)/C(=C/c3ccc(OC)c(Br)c3)NC2=S)c1. The molecule has 0 bridgehead atoms. The number of hydrogen-bond acceptors (Lipinski definition) is 4. The lowest BCUT2D eigenvalue weighted by molar-refractivity contribution is -0.113. The van der Waals surface area contributed by atoms with Gasteiger partial charge >= 0.3 is 0 Å². The predicted octanol–water partition coefficient (Wildman–Crippen LogP) is 3.73. The van der Waals surface area contributed by atoms with Gasteiger partial charge in [-0.1, -0.05) is 12.1 Å². The first-order valence-corrected chi connectivity index (χ1v) is 8.58. The lowest BCUT2D eigenvalue weighted by Crippen LogP contribution is -2.30. The van der Waals surface area contributed by atoms with E-state index in [4.69, 9.17) is 21.7 Å². The van der Waals surface area contributed by atoms with Crippen LogP contribution in [0, 0.1) is 0 Å². The van der Waals surface area contributed by atoms with E-state index in [0.29, 0.717) is 22.2 Å². The van der Waals surface area contributed by atoms with Crippen molar-refractivity contribution >= 4 is 50.9 Å². The molecule has 1 heterocycles. The number of methoxy groups -OCH3 is 2. The molecule has 128 valence electrons. The number of amides is 1. The minimum atomic E-state index is -0.217. The third-order valence-corrected chi connectivity index (χ3v) is 4.58. The smallest absolute Gasteiger partial charge is 0.281 e. The fourth-order valence-electron chi connectivity index (χ4n) is 2.46. The zero-order chi connectivity index (χ0) is 18.0. The first kappa shape index (κ1) is 17.4. The van der Waals surface area contributed by atoms with E-state index in [1.54, 1.807) is 32.4 Å². The summed E-state index contributed by atoms with van der Waals surface area (Å²) >= 11 is 8.76. The fraction of sp³-hybridized carbons (Fsp3) is 0.111. The van der Waals surface area contributed by atoms with Crippen LogP contribution in [-0.4, -0.2) is 25.2 Å². The maximum Gasteiger partial charge on any atom is 0.281 e. The van der Waals surface area contributed by atoms with Gasteiger partial charge in [0.15, 0.2) is 5.11 Å². The number of carbonyl (C=O) groups is 1. The Balaban J connectivity index is 1.91. The van der Waals surface area contributed by atoms with Gasteiger partial charge in [0, 0.05) is 6.07 Å². The van der Waals surface area contributed by atoms with E-state index in [-0.39, 0.29) is 5.91 Å². The molecule has 2 aromatic rings. The highest BCUT2D eigenvalue weighted by Gasteiger charge is 2.32. The summed E-state index contributed by atoms with van der Waals surface area (Å²) in [5.41, 5.74) is 1.91. The fourth-order valence-corrected chi connectivity index (χ4v) is 3.31. The van der Waals surface area contributed by atoms with Crippen molar-refractivity contribution in [3.05, 3.63) is 58.2 Å². The Morgan fingerprint density at radius 3 is 2.64 bits per heavy atom. The second-order valence-corrected chi connectivity index (χ2v) is 6.47. The highest BCUT2D eigenvalue weighted by Crippen LogP contribution is 2.28. The Hall–Kier alpha value is -2.38. The summed E-state index contributed by atoms with van der Waals surface area (Å²) in [4.78, 5) is 14.2. The Morgan fingerprint density at radius 1 is 1.16 bits per heavy atom. The summed E-state index contributed by atoms with van der Waals surface area (Å²) in [6.45, 7) is 0. The summed E-state index contributed by atoms with van der Waals surface area (Å²) in [5, 5.41) is 3.30. The lowest BCUT2D eigenvalue weighted by Gasteiger charge is -2.14. The number of thiocarbonyl (C=S) groups is 1. The molecule has 1 aliphatic heterocycles. The molecule has 2 aromatic carbocycles. The number of nitrogens with zero attached hydrogens (tertiary/aromatic N) is 1. The summed E-state index contributed by atoms with van der Waals surface area (Å²) in [6, 6.07) is 12.8. The van der Waals surface area contributed by atoms with Gasteiger partial charge < -0.3 is 14.8 Å². The van der Waals surface area contributed by atoms with E-state index in [2.05, 4.69) is 21.2 Å². The van der Waals surface area contributed by atoms with Gasteiger partial charge in [0.2, 0.25) is 0 Å². The molecule has 0 unspecified atom stereocenters. The molecule has 3 rings (SSSR count). The number of anilines is 1. The quantitative estimate of drug-likeness (QED) is 0.605. The Labute approximate surface area is 159 Å². The number of rotatable bonds is 4. The minimum Gasteiger partial charge on any atom is -0.497 e. The molecule has 1 aliphatic rings. The predicted molar refractivity (Wildman–Crippen MR) is 105 cm³/mol. The number of benzene rings is 2. The van der Waals surface area contributed by atoms with Crippen molar-refractivity contribution in [1.29, 1.82) is 0 Å². The summed E-state index contributed by atoms with van der Waals surface area (Å²) in [5.74, 6) is 1.16. The summed E-state index contributed by atoms with van der Waals surface area (Å²) < 4.78 is 11.2. The van der Waals surface area contributed by atoms with Crippen LogP contribution in [0.2, 0.25) is 0 Å². The van der Waals surface area contributed by atoms with Crippen LogP contribution in [0.4, 0.5) is 5.69 Å². The van der Waals surface area contributed by atoms with Gasteiger partial charge in [-0.05, 0) is 64.1 Å². The third-order valence-electron chi connectivity index (χ3n) is 3.68. The van der Waals surface area contributed by atoms with Crippen molar-refractivity contribution in [2.75, 3.05) is 19.1 Å². The molecule has 1 amide bonds. The van der Waals surface area contributed by atoms with Gasteiger partial charge in [-0.2, -0.15) is 0 Å². The van der Waals surface area contributed by atoms with Gasteiger partial charge in [0.1, 0.15) is 17.2 Å². The van der Waals surface area contributed by atoms with Crippen LogP contribution >= 0.6 is 28.1 Å². The number of carbonyl (C=O) groups excluding carboxylic acids is 1. The molecule has 0 aromatic heterocycles. The molecule has 25 heavy (non-hydrogen) atoms. The van der Waals surface area contributed by atoms with Crippen LogP contribution in [-0.2, 0) is 4.79 Å². The van der Waals surface area contributed by atoms with Crippen molar-refractivity contribution in [3.63, 3.8) is 0 Å². The zero-order valence-corrected chi connectivity index (χ0v) is 16.0. The van der Waals surface area contributed by atoms with Gasteiger partial charge in [-0.3, -0.25) is 9.69 Å². The van der Waals surface area contributed by atoms with Crippen molar-refractivity contribution in [3.8, 4) is 11.5 Å². The summed E-state index contributed by atoms with van der Waals surface area (Å²) in [7, 11) is 3.18. The molecule has 7 heteroatoms. The molecule has 5 nitrogen and oxygen atoms in total. The lowest BCUT2D eigenvalue weighted by atomic mass is 10.2. The van der Waals surface area contributed by atoms with Crippen LogP contribution in [0.3, 0.4) is 0 Å². The maximum atomic E-state index is 12.8. The Kier molecular flexibility index (Phi) is 5.06. The molecular weight excluding hydrogens is 404 g/mol. The van der Waals surface area contributed by atoms with E-state index in [1.807, 2.05) is 30.3 Å². The van der Waals surface area contributed by atoms with Crippen LogP contribution in [0.15, 0.2) is 52.6 Å². The monoisotopic (exact) mass is 418 g/mol. The molecule has 0 atom stereocenters. The minimum absolute atomic E-state index is 0.217. The molecule has 0 saturated carbocycles. The van der Waals surface area contributed by atoms with E-state index in [9.17, 15) is 4.79 Å². The molecule has 0 spiro atoms. The largest absolute Gasteiger partial charge is 0.497 e. The number of nitrogens with one attached hydrogen (secondary N) is 1. The van der Waals surface area contributed by atoms with Crippen LogP contribution in [0.5, 0.6) is 11.5 Å². The molecule has 0 radical (unpaired) electrons. The second-order valence-electron chi connectivity index (χ2n) is 5.22. The second kappa shape index (κ2) is 7.25. The number of halogens is 1. The van der Waals surface area contributed by atoms with Gasteiger partial charge in [-0.15, -0.1) is 0 Å². The topological polar surface area (TPSA) is 50.8 Å². The molecule has 1 saturated heterocycles. The van der Waals surface area contributed by atoms with E-state index >= 15 is 0 Å². The van der Waals surface area contributed by atoms with Crippen molar-refractivity contribution in [2.24, 2.45) is 0 Å². The molecule has 0 aliphatic carbocycles. The normalized spacial score (nSPS) is 15.5. The Bertz CT molecular complexity index is 882. The first-order valence-electron chi connectivity index (χ1n) is 7.38. The van der Waals surface area contributed by atoms with Crippen LogP contribution < -0.4 is 19.7 Å². The molecule has 1 fully saturated rings. The van der Waals surface area contributed by atoms with Gasteiger partial charge in [-0.25, -0.2) is 0 Å². The number of ether oxygens (including phenoxy) is 2. The molecular formula is C18H15BrN2O3S. The average Bonchev–Trinajstić information content (AvgIpc) is 2.88. The Morgan fingerprint density at radius 2 is 1.96 bits per heavy atom. The highest BCUT2D eigenvalue weighted by molar-refractivity contribution is 9.10. The van der Waals surface area contributed by atoms with E-state index < -0.39 is 0 Å². The summed E-state index contributed by atoms with van der Waals surface area (Å²) in [6.07, 6.45) is 1.75. The number of hydrogen-bond donors (Lipinski definition) is 1. The van der Waals surface area contributed by atoms with Crippen LogP contribution in [0.1, 0.15) is 5.56 Å². The highest BCUT2D eigenvalue weighted by atomic mass is 79.9. The average molecular weight is 419 g/mol. The van der Waals surface area contributed by atoms with Crippen molar-refractivity contribution in [2.45, 2.75) is 0 Å². The van der Waals surface area contributed by atoms with Crippen molar-refractivity contribution < 1.29 is 14.3 Å². The van der Waals surface area contributed by atoms with Crippen LogP contribution in [0.25, 0.3) is 6.08 Å². The van der Waals surface area contributed by atoms with Gasteiger partial charge in [0.05, 0.1) is 24.4 Å². The van der Waals surface area contributed by atoms with Gasteiger partial charge in [0.25, 0.3) is 5.91 Å². The standard InChI is InChI=1S/C18H15BrN2O3S/c1-23-13-5-3-4-12(10-13)21-17(22)15(20-18(21)25)9-11-6-7-16(24-2)14(19)8-11/h3-10H,1-2H3,(H,20,25)/b15-9-. The third kappa shape index (κ3) is 3.52. The zero-order valence-electron chi connectivity index (χ0n) is 13.6. The molecule has 1 N–H and O–H groups in total. The maximum absolute atomic E-state index is 12.8. The van der Waals surface area contributed by atoms with E-state index in [1.165, 1.54) is 4.90 Å². The first-order chi connectivity index (χ1) is 12.0. The van der Waals surface area contributed by atoms with Crippen molar-refractivity contribution in [1.82, 2.24) is 5.32 Å². The van der Waals surface area contributed by atoms with E-state index in [0.717, 1.165) is 15.8 Å².